The molecule has 5 nitrogen and oxygen atoms in total. The number of hydrogen-bond acceptors (Lipinski definition) is 5. The van der Waals surface area contributed by atoms with Gasteiger partial charge in [-0.15, -0.1) is 0 Å². The molecule has 0 spiro atoms. The molecule has 34 heavy (non-hydrogen) atoms. The van der Waals surface area contributed by atoms with Crippen LogP contribution in [0.2, 0.25) is 0 Å². The highest BCUT2D eigenvalue weighted by Gasteiger charge is 2.22. The van der Waals surface area contributed by atoms with E-state index in [1.165, 1.54) is 43.1 Å². The number of nitrogens with one attached hydrogen (secondary N) is 1. The Hall–Kier alpha value is -3.65. The first-order valence-electron chi connectivity index (χ1n) is 10.5. The van der Waals surface area contributed by atoms with Crippen LogP contribution in [0.15, 0.2) is 77.8 Å². The third-order valence-electron chi connectivity index (χ3n) is 5.04. The van der Waals surface area contributed by atoms with Crippen LogP contribution in [0.5, 0.6) is 11.5 Å². The van der Waals surface area contributed by atoms with Crippen molar-refractivity contribution >= 4 is 28.9 Å². The van der Waals surface area contributed by atoms with Gasteiger partial charge in [-0.25, -0.2) is 8.78 Å². The molecule has 1 aliphatic heterocycles. The zero-order chi connectivity index (χ0) is 23.9. The average molecular weight is 481 g/mol. The van der Waals surface area contributed by atoms with E-state index in [2.05, 4.69) is 10.3 Å². The zero-order valence-corrected chi connectivity index (χ0v) is 19.1. The molecule has 0 saturated carbocycles. The molecule has 1 amide bonds. The predicted octanol–water partition coefficient (Wildman–Crippen LogP) is 5.53. The number of benzene rings is 3. The van der Waals surface area contributed by atoms with Crippen molar-refractivity contribution < 1.29 is 23.0 Å². The van der Waals surface area contributed by atoms with Crippen molar-refractivity contribution in [2.24, 2.45) is 4.99 Å². The smallest absolute Gasteiger partial charge is 0.249 e. The molecule has 4 rings (SSSR count). The van der Waals surface area contributed by atoms with E-state index in [-0.39, 0.29) is 30.1 Å². The van der Waals surface area contributed by atoms with Gasteiger partial charge in [-0.05, 0) is 59.2 Å². The van der Waals surface area contributed by atoms with Gasteiger partial charge in [0.1, 0.15) is 18.2 Å². The monoisotopic (exact) mass is 480 g/mol. The summed E-state index contributed by atoms with van der Waals surface area (Å²) in [6.07, 6.45) is 3.11. The molecule has 0 saturated heterocycles. The fourth-order valence-corrected chi connectivity index (χ4v) is 4.25. The number of hydrogen-bond donors (Lipinski definition) is 1. The summed E-state index contributed by atoms with van der Waals surface area (Å²) >= 11 is 1.41. The first kappa shape index (κ1) is 23.5. The van der Waals surface area contributed by atoms with Gasteiger partial charge in [0, 0.05) is 11.8 Å². The zero-order valence-electron chi connectivity index (χ0n) is 18.3. The molecular formula is C26H22F2N2O3S. The van der Waals surface area contributed by atoms with E-state index in [4.69, 9.17) is 9.47 Å². The normalized spacial score (nSPS) is 15.3. The first-order chi connectivity index (χ1) is 16.5. The summed E-state index contributed by atoms with van der Waals surface area (Å²) in [5, 5.41) is 3.25. The van der Waals surface area contributed by atoms with Crippen molar-refractivity contribution in [3.05, 3.63) is 101 Å². The molecule has 1 heterocycles. The van der Waals surface area contributed by atoms with Gasteiger partial charge in [0.05, 0.1) is 13.2 Å². The molecular weight excluding hydrogens is 458 g/mol. The standard InChI is InChI=1S/C26H22F2N2O3S/c1-32-24-11-8-19(14-22(24)28)23-16-34-26(29-23)30-25(31)12-7-17-5-9-21(10-6-17)33-15-18-3-2-4-20(27)13-18/h2-14,23H,15-16H2,1H3,(H,29,30,31)/b12-7+. The van der Waals surface area contributed by atoms with Gasteiger partial charge >= 0.3 is 0 Å². The highest BCUT2D eigenvalue weighted by atomic mass is 32.2. The van der Waals surface area contributed by atoms with Crippen LogP contribution in [0, 0.1) is 11.6 Å². The van der Waals surface area contributed by atoms with Crippen molar-refractivity contribution in [1.82, 2.24) is 5.32 Å². The second-order valence-electron chi connectivity index (χ2n) is 7.47. The number of halogens is 2. The van der Waals surface area contributed by atoms with Crippen LogP contribution < -0.4 is 14.8 Å². The molecule has 1 aliphatic rings. The molecule has 0 radical (unpaired) electrons. The highest BCUT2D eigenvalue weighted by molar-refractivity contribution is 8.14. The molecule has 3 aromatic rings. The topological polar surface area (TPSA) is 59.9 Å². The number of ether oxygens (including phenoxy) is 2. The number of rotatable bonds is 7. The van der Waals surface area contributed by atoms with Gasteiger partial charge in [0.2, 0.25) is 5.91 Å². The lowest BCUT2D eigenvalue weighted by Crippen LogP contribution is -2.25. The molecule has 1 unspecified atom stereocenters. The third kappa shape index (κ3) is 6.23. The lowest BCUT2D eigenvalue weighted by Gasteiger charge is -2.08. The molecule has 1 atom stereocenters. The van der Waals surface area contributed by atoms with E-state index in [0.29, 0.717) is 16.7 Å². The van der Waals surface area contributed by atoms with Crippen LogP contribution >= 0.6 is 11.8 Å². The van der Waals surface area contributed by atoms with E-state index >= 15 is 0 Å². The summed E-state index contributed by atoms with van der Waals surface area (Å²) in [6.45, 7) is 0.263. The van der Waals surface area contributed by atoms with E-state index < -0.39 is 5.82 Å². The Bertz CT molecular complexity index is 1230. The quantitative estimate of drug-likeness (QED) is 0.452. The number of amidine groups is 1. The summed E-state index contributed by atoms with van der Waals surface area (Å²) in [5.74, 6) is 0.395. The minimum atomic E-state index is -0.439. The van der Waals surface area contributed by atoms with Crippen LogP contribution in [-0.2, 0) is 11.4 Å². The molecule has 174 valence electrons. The van der Waals surface area contributed by atoms with Crippen LogP contribution in [0.3, 0.4) is 0 Å². The Morgan fingerprint density at radius 2 is 1.97 bits per heavy atom. The van der Waals surface area contributed by atoms with E-state index in [0.717, 1.165) is 16.7 Å². The minimum Gasteiger partial charge on any atom is -0.494 e. The largest absolute Gasteiger partial charge is 0.494 e. The number of thioether (sulfide) groups is 1. The van der Waals surface area contributed by atoms with Crippen molar-refractivity contribution in [3.63, 3.8) is 0 Å². The van der Waals surface area contributed by atoms with Crippen molar-refractivity contribution in [2.45, 2.75) is 12.6 Å². The maximum absolute atomic E-state index is 14.0. The lowest BCUT2D eigenvalue weighted by molar-refractivity contribution is -0.115. The number of amides is 1. The summed E-state index contributed by atoms with van der Waals surface area (Å²) in [4.78, 5) is 16.8. The number of carbonyl (C=O) groups excluding carboxylic acids is 1. The van der Waals surface area contributed by atoms with Gasteiger partial charge in [-0.2, -0.15) is 0 Å². The number of aliphatic imine (C=N–C) groups is 1. The number of nitrogens with zero attached hydrogens (tertiary/aromatic N) is 1. The van der Waals surface area contributed by atoms with Crippen LogP contribution in [0.4, 0.5) is 8.78 Å². The Morgan fingerprint density at radius 3 is 2.71 bits per heavy atom. The Kier molecular flexibility index (Phi) is 7.59. The van der Waals surface area contributed by atoms with Crippen LogP contribution in [-0.4, -0.2) is 23.9 Å². The minimum absolute atomic E-state index is 0.184. The molecule has 0 aliphatic carbocycles. The fraction of sp³-hybridized carbons (Fsp3) is 0.154. The molecule has 3 aromatic carbocycles. The number of methoxy groups -OCH3 is 1. The fourth-order valence-electron chi connectivity index (χ4n) is 3.29. The summed E-state index contributed by atoms with van der Waals surface area (Å²) in [6, 6.07) is 18.0. The summed E-state index contributed by atoms with van der Waals surface area (Å²) < 4.78 is 37.8. The lowest BCUT2D eigenvalue weighted by atomic mass is 10.1. The predicted molar refractivity (Wildman–Crippen MR) is 130 cm³/mol. The van der Waals surface area contributed by atoms with Crippen molar-refractivity contribution in [2.75, 3.05) is 12.9 Å². The second kappa shape index (κ2) is 11.0. The van der Waals surface area contributed by atoms with Gasteiger partial charge < -0.3 is 14.8 Å². The van der Waals surface area contributed by atoms with E-state index in [1.54, 1.807) is 42.5 Å². The van der Waals surface area contributed by atoms with Crippen molar-refractivity contribution in [1.29, 1.82) is 0 Å². The molecule has 0 fully saturated rings. The second-order valence-corrected chi connectivity index (χ2v) is 8.47. The Labute approximate surface area is 200 Å². The summed E-state index contributed by atoms with van der Waals surface area (Å²) in [7, 11) is 1.42. The molecule has 1 N–H and O–H groups in total. The van der Waals surface area contributed by atoms with Crippen molar-refractivity contribution in [3.8, 4) is 11.5 Å². The van der Waals surface area contributed by atoms with Crippen LogP contribution in [0.1, 0.15) is 22.7 Å². The maximum atomic E-state index is 14.0. The number of carbonyl (C=O) groups is 1. The van der Waals surface area contributed by atoms with Gasteiger partial charge in [0.15, 0.2) is 16.7 Å². The summed E-state index contributed by atoms with van der Waals surface area (Å²) in [5.41, 5.74) is 2.29. The molecule has 0 bridgehead atoms. The van der Waals surface area contributed by atoms with Gasteiger partial charge in [-0.1, -0.05) is 42.1 Å². The third-order valence-corrected chi connectivity index (χ3v) is 6.01. The maximum Gasteiger partial charge on any atom is 0.249 e. The molecule has 0 aromatic heterocycles. The Morgan fingerprint density at radius 1 is 1.15 bits per heavy atom. The van der Waals surface area contributed by atoms with Gasteiger partial charge in [-0.3, -0.25) is 9.79 Å². The highest BCUT2D eigenvalue weighted by Crippen LogP contribution is 2.31. The van der Waals surface area contributed by atoms with Gasteiger partial charge in [0.25, 0.3) is 0 Å². The van der Waals surface area contributed by atoms with E-state index in [1.807, 2.05) is 12.1 Å². The first-order valence-corrected chi connectivity index (χ1v) is 11.5. The van der Waals surface area contributed by atoms with E-state index in [9.17, 15) is 13.6 Å². The van der Waals surface area contributed by atoms with Crippen LogP contribution in [0.25, 0.3) is 6.08 Å². The SMILES string of the molecule is COc1ccc(C2CSC(NC(=O)/C=C/c3ccc(OCc4cccc(F)c4)cc3)=N2)cc1F. The molecule has 8 heteroatoms. The Balaban J connectivity index is 1.29. The average Bonchev–Trinajstić information content (AvgIpc) is 3.30.